The molecule has 1 aromatic heterocycles. The summed E-state index contributed by atoms with van der Waals surface area (Å²) in [4.78, 5) is 5.58. The van der Waals surface area contributed by atoms with E-state index in [0.717, 1.165) is 16.4 Å². The normalized spacial score (nSPS) is 12.2. The lowest BCUT2D eigenvalue weighted by Crippen LogP contribution is -2.06. The van der Waals surface area contributed by atoms with E-state index in [0.29, 0.717) is 5.69 Å². The Morgan fingerprint density at radius 1 is 1.39 bits per heavy atom. The molecular weight excluding hydrogens is 246 g/mol. The van der Waals surface area contributed by atoms with Crippen molar-refractivity contribution in [2.75, 3.05) is 18.2 Å². The first-order valence-corrected chi connectivity index (χ1v) is 6.53. The van der Waals surface area contributed by atoms with E-state index in [4.69, 9.17) is 10.5 Å². The molecule has 0 saturated heterocycles. The molecule has 5 heteroatoms. The number of benzene rings is 1. The molecular formula is C13H17N3OS. The lowest BCUT2D eigenvalue weighted by atomic mass is 10.2. The highest BCUT2D eigenvalue weighted by atomic mass is 32.1. The molecule has 0 saturated carbocycles. The van der Waals surface area contributed by atoms with Crippen LogP contribution in [0.4, 0.5) is 11.4 Å². The number of rotatable bonds is 4. The largest absolute Gasteiger partial charge is 0.497 e. The van der Waals surface area contributed by atoms with Crippen LogP contribution in [0, 0.1) is 6.92 Å². The van der Waals surface area contributed by atoms with Gasteiger partial charge in [-0.05, 0) is 19.9 Å². The van der Waals surface area contributed by atoms with Gasteiger partial charge in [0.05, 0.1) is 13.2 Å². The predicted octanol–water partition coefficient (Wildman–Crippen LogP) is 3.22. The monoisotopic (exact) mass is 263 g/mol. The third kappa shape index (κ3) is 2.92. The second-order valence-electron chi connectivity index (χ2n) is 4.17. The van der Waals surface area contributed by atoms with Crippen LogP contribution >= 0.6 is 11.3 Å². The highest BCUT2D eigenvalue weighted by Crippen LogP contribution is 2.27. The van der Waals surface area contributed by atoms with Gasteiger partial charge in [0.2, 0.25) is 0 Å². The lowest BCUT2D eigenvalue weighted by Gasteiger charge is -2.14. The first-order valence-electron chi connectivity index (χ1n) is 5.72. The van der Waals surface area contributed by atoms with Gasteiger partial charge >= 0.3 is 0 Å². The Morgan fingerprint density at radius 2 is 2.17 bits per heavy atom. The summed E-state index contributed by atoms with van der Waals surface area (Å²) in [6, 6.07) is 5.76. The van der Waals surface area contributed by atoms with Gasteiger partial charge in [-0.25, -0.2) is 4.98 Å². The van der Waals surface area contributed by atoms with Crippen LogP contribution in [-0.4, -0.2) is 12.1 Å². The summed E-state index contributed by atoms with van der Waals surface area (Å²) in [6.07, 6.45) is 1.89. The average molecular weight is 263 g/mol. The zero-order valence-electron chi connectivity index (χ0n) is 10.7. The number of nitrogens with one attached hydrogen (secondary N) is 1. The van der Waals surface area contributed by atoms with Crippen molar-refractivity contribution in [2.24, 2.45) is 0 Å². The summed E-state index contributed by atoms with van der Waals surface area (Å²) in [5.74, 6) is 0.750. The van der Waals surface area contributed by atoms with Crippen LogP contribution in [0.3, 0.4) is 0 Å². The topological polar surface area (TPSA) is 60.2 Å². The lowest BCUT2D eigenvalue weighted by molar-refractivity contribution is 0.415. The predicted molar refractivity (Wildman–Crippen MR) is 76.3 cm³/mol. The molecule has 4 nitrogen and oxygen atoms in total. The van der Waals surface area contributed by atoms with Crippen LogP contribution in [0.15, 0.2) is 24.4 Å². The Bertz CT molecular complexity index is 539. The quantitative estimate of drug-likeness (QED) is 0.831. The summed E-state index contributed by atoms with van der Waals surface area (Å²) >= 11 is 1.69. The van der Waals surface area contributed by atoms with E-state index < -0.39 is 0 Å². The Balaban J connectivity index is 2.16. The molecule has 1 heterocycles. The SMILES string of the molecule is COc1cc(N)cc(NC(C)c2ncc(C)s2)c1. The third-order valence-electron chi connectivity index (χ3n) is 2.56. The number of hydrogen-bond donors (Lipinski definition) is 2. The van der Waals surface area contributed by atoms with Crippen molar-refractivity contribution < 1.29 is 4.74 Å². The van der Waals surface area contributed by atoms with Crippen LogP contribution in [0.25, 0.3) is 0 Å². The fourth-order valence-corrected chi connectivity index (χ4v) is 2.48. The summed E-state index contributed by atoms with van der Waals surface area (Å²) in [5.41, 5.74) is 7.44. The van der Waals surface area contributed by atoms with E-state index in [1.165, 1.54) is 4.88 Å². The molecule has 0 aliphatic rings. The first kappa shape index (κ1) is 12.7. The molecule has 0 radical (unpaired) electrons. The van der Waals surface area contributed by atoms with Crippen molar-refractivity contribution in [3.8, 4) is 5.75 Å². The van der Waals surface area contributed by atoms with Gasteiger partial charge in [-0.2, -0.15) is 0 Å². The fraction of sp³-hybridized carbons (Fsp3) is 0.308. The van der Waals surface area contributed by atoms with Gasteiger partial charge in [-0.15, -0.1) is 11.3 Å². The molecule has 18 heavy (non-hydrogen) atoms. The second-order valence-corrected chi connectivity index (χ2v) is 5.44. The minimum Gasteiger partial charge on any atom is -0.497 e. The Hall–Kier alpha value is -1.75. The number of anilines is 2. The van der Waals surface area contributed by atoms with Crippen molar-refractivity contribution in [3.05, 3.63) is 34.3 Å². The van der Waals surface area contributed by atoms with Crippen molar-refractivity contribution in [1.82, 2.24) is 4.98 Å². The molecule has 2 rings (SSSR count). The fourth-order valence-electron chi connectivity index (χ4n) is 1.71. The van der Waals surface area contributed by atoms with Gasteiger partial charge in [-0.3, -0.25) is 0 Å². The smallest absolute Gasteiger partial charge is 0.122 e. The number of hydrogen-bond acceptors (Lipinski definition) is 5. The molecule has 0 fully saturated rings. The summed E-state index contributed by atoms with van der Waals surface area (Å²) in [6.45, 7) is 4.13. The molecule has 0 aliphatic heterocycles. The maximum Gasteiger partial charge on any atom is 0.122 e. The average Bonchev–Trinajstić information content (AvgIpc) is 2.75. The van der Waals surface area contributed by atoms with Crippen LogP contribution in [0.2, 0.25) is 0 Å². The number of nitrogen functional groups attached to an aromatic ring is 1. The van der Waals surface area contributed by atoms with E-state index in [9.17, 15) is 0 Å². The molecule has 0 amide bonds. The van der Waals surface area contributed by atoms with Crippen molar-refractivity contribution >= 4 is 22.7 Å². The summed E-state index contributed by atoms with van der Waals surface area (Å²) in [7, 11) is 1.63. The maximum atomic E-state index is 5.82. The van der Waals surface area contributed by atoms with Gasteiger partial charge in [0.15, 0.2) is 0 Å². The molecule has 3 N–H and O–H groups in total. The molecule has 1 unspecified atom stereocenters. The first-order chi connectivity index (χ1) is 8.58. The third-order valence-corrected chi connectivity index (χ3v) is 3.65. The number of methoxy groups -OCH3 is 1. The van der Waals surface area contributed by atoms with Crippen LogP contribution in [-0.2, 0) is 0 Å². The van der Waals surface area contributed by atoms with Crippen molar-refractivity contribution in [1.29, 1.82) is 0 Å². The van der Waals surface area contributed by atoms with Gasteiger partial charge in [0.1, 0.15) is 10.8 Å². The van der Waals surface area contributed by atoms with Crippen LogP contribution in [0.1, 0.15) is 22.9 Å². The minimum absolute atomic E-state index is 0.148. The highest BCUT2D eigenvalue weighted by Gasteiger charge is 2.10. The van der Waals surface area contributed by atoms with E-state index >= 15 is 0 Å². The Labute approximate surface area is 111 Å². The number of ether oxygens (including phenoxy) is 1. The molecule has 0 bridgehead atoms. The second kappa shape index (κ2) is 5.27. The van der Waals surface area contributed by atoms with Gasteiger partial charge in [0, 0.05) is 34.6 Å². The van der Waals surface area contributed by atoms with E-state index in [1.54, 1.807) is 24.5 Å². The molecule has 0 spiro atoms. The highest BCUT2D eigenvalue weighted by molar-refractivity contribution is 7.11. The van der Waals surface area contributed by atoms with Crippen LogP contribution < -0.4 is 15.8 Å². The number of nitrogens with zero attached hydrogens (tertiary/aromatic N) is 1. The molecule has 1 atom stereocenters. The van der Waals surface area contributed by atoms with Gasteiger partial charge in [0.25, 0.3) is 0 Å². The Kier molecular flexibility index (Phi) is 3.72. The number of aromatic nitrogens is 1. The zero-order valence-corrected chi connectivity index (χ0v) is 11.5. The number of aryl methyl sites for hydroxylation is 1. The van der Waals surface area contributed by atoms with Crippen molar-refractivity contribution in [3.63, 3.8) is 0 Å². The standard InChI is InChI=1S/C13H17N3OS/c1-8-7-15-13(18-8)9(2)16-11-4-10(14)5-12(6-11)17-3/h4-7,9,16H,14H2,1-3H3. The maximum absolute atomic E-state index is 5.82. The van der Waals surface area contributed by atoms with Crippen molar-refractivity contribution in [2.45, 2.75) is 19.9 Å². The van der Waals surface area contributed by atoms with E-state index in [-0.39, 0.29) is 6.04 Å². The molecule has 96 valence electrons. The molecule has 0 aliphatic carbocycles. The Morgan fingerprint density at radius 3 is 2.78 bits per heavy atom. The van der Waals surface area contributed by atoms with Gasteiger partial charge < -0.3 is 15.8 Å². The summed E-state index contributed by atoms with van der Waals surface area (Å²) in [5, 5.41) is 4.44. The zero-order chi connectivity index (χ0) is 13.1. The number of thiazole rings is 1. The number of nitrogens with two attached hydrogens (primary N) is 1. The van der Waals surface area contributed by atoms with Crippen LogP contribution in [0.5, 0.6) is 5.75 Å². The molecule has 2 aromatic rings. The van der Waals surface area contributed by atoms with Gasteiger partial charge in [-0.1, -0.05) is 0 Å². The van der Waals surface area contributed by atoms with E-state index in [1.807, 2.05) is 18.3 Å². The van der Waals surface area contributed by atoms with E-state index in [2.05, 4.69) is 24.1 Å². The molecule has 1 aromatic carbocycles. The summed E-state index contributed by atoms with van der Waals surface area (Å²) < 4.78 is 5.19. The minimum atomic E-state index is 0.148.